The maximum absolute atomic E-state index is 12.9. The van der Waals surface area contributed by atoms with Gasteiger partial charge in [-0.3, -0.25) is 9.59 Å². The molecule has 2 heterocycles. The van der Waals surface area contributed by atoms with Crippen LogP contribution in [0.1, 0.15) is 46.4 Å². The smallest absolute Gasteiger partial charge is 0.263 e. The molecule has 0 radical (unpaired) electrons. The van der Waals surface area contributed by atoms with Crippen LogP contribution in [0.4, 0.5) is 0 Å². The van der Waals surface area contributed by atoms with Gasteiger partial charge in [0.25, 0.3) is 11.5 Å². The van der Waals surface area contributed by atoms with Crippen LogP contribution in [0.2, 0.25) is 0 Å². The lowest BCUT2D eigenvalue weighted by molar-refractivity contribution is 0.0167. The first-order valence-corrected chi connectivity index (χ1v) is 11.0. The number of aliphatic hydroxyl groups is 3. The molecule has 1 aliphatic carbocycles. The van der Waals surface area contributed by atoms with Crippen LogP contribution >= 0.6 is 0 Å². The van der Waals surface area contributed by atoms with E-state index in [1.165, 1.54) is 17.7 Å². The van der Waals surface area contributed by atoms with Gasteiger partial charge in [0.2, 0.25) is 0 Å². The number of amides is 1. The molecular weight excluding hydrogens is 424 g/mol. The minimum absolute atomic E-state index is 0.0452. The molecular formula is C24H28N4O5. The van der Waals surface area contributed by atoms with E-state index in [4.69, 9.17) is 0 Å². The van der Waals surface area contributed by atoms with Gasteiger partial charge < -0.3 is 25.2 Å². The molecule has 9 heteroatoms. The molecule has 0 aliphatic heterocycles. The van der Waals surface area contributed by atoms with E-state index in [-0.39, 0.29) is 18.6 Å². The highest BCUT2D eigenvalue weighted by atomic mass is 16.3. The summed E-state index contributed by atoms with van der Waals surface area (Å²) in [6.07, 6.45) is 3.60. The zero-order valence-electron chi connectivity index (χ0n) is 18.4. The third kappa shape index (κ3) is 4.90. The monoisotopic (exact) mass is 452 g/mol. The quantitative estimate of drug-likeness (QED) is 0.435. The zero-order valence-corrected chi connectivity index (χ0v) is 18.4. The lowest BCUT2D eigenvalue weighted by Gasteiger charge is -2.31. The number of hydrogen-bond donors (Lipinski definition) is 4. The molecule has 9 nitrogen and oxygen atoms in total. The maximum Gasteiger partial charge on any atom is 0.263 e. The molecule has 1 aliphatic rings. The van der Waals surface area contributed by atoms with Crippen molar-refractivity contribution in [1.82, 2.24) is 19.7 Å². The predicted molar refractivity (Wildman–Crippen MR) is 121 cm³/mol. The van der Waals surface area contributed by atoms with Gasteiger partial charge in [-0.2, -0.15) is 5.10 Å². The second-order valence-corrected chi connectivity index (χ2v) is 8.46. The number of pyridine rings is 1. The Morgan fingerprint density at radius 3 is 2.61 bits per heavy atom. The Labute approximate surface area is 190 Å². The first-order chi connectivity index (χ1) is 15.9. The van der Waals surface area contributed by atoms with Crippen LogP contribution in [0, 0.1) is 0 Å². The van der Waals surface area contributed by atoms with Gasteiger partial charge in [-0.05, 0) is 54.7 Å². The summed E-state index contributed by atoms with van der Waals surface area (Å²) in [5, 5.41) is 36.7. The normalized spacial score (nSPS) is 20.5. The predicted octanol–water partition coefficient (Wildman–Crippen LogP) is 0.658. The third-order valence-corrected chi connectivity index (χ3v) is 6.23. The highest BCUT2D eigenvalue weighted by Gasteiger charge is 2.30. The first kappa shape index (κ1) is 22.9. The molecule has 2 aromatic heterocycles. The van der Waals surface area contributed by atoms with Crippen LogP contribution < -0.4 is 10.9 Å². The number of benzene rings is 1. The van der Waals surface area contributed by atoms with Gasteiger partial charge in [0, 0.05) is 31.6 Å². The second-order valence-electron chi connectivity index (χ2n) is 8.46. The van der Waals surface area contributed by atoms with E-state index in [1.54, 1.807) is 10.9 Å². The van der Waals surface area contributed by atoms with E-state index in [2.05, 4.69) is 10.4 Å². The number of aromatic nitrogens is 3. The minimum Gasteiger partial charge on any atom is -0.393 e. The number of carbonyl (C=O) groups is 1. The second kappa shape index (κ2) is 9.70. The molecule has 1 aromatic carbocycles. The van der Waals surface area contributed by atoms with Crippen LogP contribution in [0.3, 0.4) is 0 Å². The van der Waals surface area contributed by atoms with Crippen molar-refractivity contribution < 1.29 is 20.1 Å². The van der Waals surface area contributed by atoms with Crippen molar-refractivity contribution in [2.24, 2.45) is 7.05 Å². The molecule has 0 bridgehead atoms. The highest BCUT2D eigenvalue weighted by Crippen LogP contribution is 2.20. The Hall–Kier alpha value is -3.27. The molecule has 0 saturated heterocycles. The first-order valence-electron chi connectivity index (χ1n) is 11.0. The van der Waals surface area contributed by atoms with E-state index in [0.717, 1.165) is 11.3 Å². The van der Waals surface area contributed by atoms with E-state index in [9.17, 15) is 24.9 Å². The lowest BCUT2D eigenvalue weighted by atomic mass is 9.90. The number of hydrogen-bond acceptors (Lipinski definition) is 6. The zero-order chi connectivity index (χ0) is 23.5. The molecule has 1 fully saturated rings. The van der Waals surface area contributed by atoms with Crippen molar-refractivity contribution >= 4 is 5.91 Å². The number of nitrogens with one attached hydrogen (secondary N) is 1. The van der Waals surface area contributed by atoms with E-state index >= 15 is 0 Å². The lowest BCUT2D eigenvalue weighted by Crippen LogP contribution is -2.49. The van der Waals surface area contributed by atoms with Crippen molar-refractivity contribution in [3.8, 4) is 5.69 Å². The minimum atomic E-state index is -0.869. The maximum atomic E-state index is 12.9. The number of rotatable bonds is 6. The fourth-order valence-corrected chi connectivity index (χ4v) is 4.31. The summed E-state index contributed by atoms with van der Waals surface area (Å²) >= 11 is 0. The van der Waals surface area contributed by atoms with Gasteiger partial charge in [-0.15, -0.1) is 0 Å². The molecule has 1 saturated carbocycles. The van der Waals surface area contributed by atoms with Crippen molar-refractivity contribution in [1.29, 1.82) is 0 Å². The van der Waals surface area contributed by atoms with E-state index in [0.29, 0.717) is 30.5 Å². The molecule has 174 valence electrons. The molecule has 0 spiro atoms. The van der Waals surface area contributed by atoms with Crippen molar-refractivity contribution in [2.45, 2.75) is 50.5 Å². The highest BCUT2D eigenvalue weighted by molar-refractivity contribution is 5.94. The Balaban J connectivity index is 1.59. The molecule has 33 heavy (non-hydrogen) atoms. The molecule has 4 rings (SSSR count). The largest absolute Gasteiger partial charge is 0.393 e. The summed E-state index contributed by atoms with van der Waals surface area (Å²) in [6, 6.07) is 10.6. The van der Waals surface area contributed by atoms with Gasteiger partial charge >= 0.3 is 0 Å². The number of aliphatic hydroxyl groups excluding tert-OH is 3. The van der Waals surface area contributed by atoms with Crippen LogP contribution in [-0.2, 0) is 20.1 Å². The van der Waals surface area contributed by atoms with Crippen LogP contribution in [0.25, 0.3) is 5.69 Å². The summed E-state index contributed by atoms with van der Waals surface area (Å²) in [4.78, 5) is 25.7. The van der Waals surface area contributed by atoms with E-state index in [1.807, 2.05) is 36.5 Å². The summed E-state index contributed by atoms with van der Waals surface area (Å²) in [5.74, 6) is -0.573. The van der Waals surface area contributed by atoms with Crippen LogP contribution in [0.15, 0.2) is 53.6 Å². The van der Waals surface area contributed by atoms with Gasteiger partial charge in [-0.25, -0.2) is 4.68 Å². The molecule has 1 unspecified atom stereocenters. The van der Waals surface area contributed by atoms with Gasteiger partial charge in [0.1, 0.15) is 5.56 Å². The fraction of sp³-hybridized carbons (Fsp3) is 0.375. The molecule has 4 N–H and O–H groups in total. The summed E-state index contributed by atoms with van der Waals surface area (Å²) in [7, 11) is 1.53. The SMILES string of the molecule is Cn1c(CO)c(Cc2ccc(-n3cccn3)cc2)cc(C(=O)N[C@H]2CCC(O)C[C@@H]2O)c1=O. The Morgan fingerprint density at radius 2 is 1.97 bits per heavy atom. The standard InChI is InChI=1S/C24H28N4O5/c1-27-21(14-29)16(11-15-3-5-17(6-4-15)28-10-2-9-25-28)12-19(24(27)33)23(32)26-20-8-7-18(30)13-22(20)31/h2-6,9-10,12,18,20,22,29-31H,7-8,11,13-14H2,1H3,(H,26,32)/t18?,20-,22-/m0/s1. The molecule has 3 atom stereocenters. The average molecular weight is 453 g/mol. The Kier molecular flexibility index (Phi) is 6.73. The van der Waals surface area contributed by atoms with Crippen LogP contribution in [0.5, 0.6) is 0 Å². The Bertz CT molecular complexity index is 1170. The topological polar surface area (TPSA) is 130 Å². The summed E-state index contributed by atoms with van der Waals surface area (Å²) < 4.78 is 3.04. The number of carbonyl (C=O) groups excluding carboxylic acids is 1. The van der Waals surface area contributed by atoms with Crippen molar-refractivity contribution in [3.05, 3.63) is 81.5 Å². The Morgan fingerprint density at radius 1 is 1.21 bits per heavy atom. The average Bonchev–Trinajstić information content (AvgIpc) is 3.34. The van der Waals surface area contributed by atoms with Crippen molar-refractivity contribution in [2.75, 3.05) is 0 Å². The van der Waals surface area contributed by atoms with Gasteiger partial charge in [0.15, 0.2) is 0 Å². The molecule has 1 amide bonds. The van der Waals surface area contributed by atoms with E-state index < -0.39 is 29.7 Å². The fourth-order valence-electron chi connectivity index (χ4n) is 4.31. The summed E-state index contributed by atoms with van der Waals surface area (Å²) in [5.41, 5.74) is 2.39. The van der Waals surface area contributed by atoms with Gasteiger partial charge in [-0.1, -0.05) is 12.1 Å². The van der Waals surface area contributed by atoms with Gasteiger partial charge in [0.05, 0.1) is 30.5 Å². The molecule has 3 aromatic rings. The summed E-state index contributed by atoms with van der Waals surface area (Å²) in [6.45, 7) is -0.340. The van der Waals surface area contributed by atoms with Crippen LogP contribution in [-0.4, -0.2) is 53.8 Å². The number of nitrogens with zero attached hydrogens (tertiary/aromatic N) is 3. The third-order valence-electron chi connectivity index (χ3n) is 6.23. The van der Waals surface area contributed by atoms with Crippen molar-refractivity contribution in [3.63, 3.8) is 0 Å².